The summed E-state index contributed by atoms with van der Waals surface area (Å²) in [6, 6.07) is 0. The van der Waals surface area contributed by atoms with Crippen LogP contribution in [0.4, 0.5) is 0 Å². The number of rotatable bonds is 2. The highest BCUT2D eigenvalue weighted by molar-refractivity contribution is 5.76. The predicted molar refractivity (Wildman–Crippen MR) is 82.7 cm³/mol. The van der Waals surface area contributed by atoms with E-state index in [2.05, 4.69) is 4.98 Å². The first-order chi connectivity index (χ1) is 10.8. The zero-order valence-corrected chi connectivity index (χ0v) is 13.7. The lowest BCUT2D eigenvalue weighted by Gasteiger charge is -2.49. The van der Waals surface area contributed by atoms with E-state index in [4.69, 9.17) is 4.74 Å². The van der Waals surface area contributed by atoms with Gasteiger partial charge in [-0.3, -0.25) is 4.79 Å². The van der Waals surface area contributed by atoms with Gasteiger partial charge in [-0.1, -0.05) is 0 Å². The van der Waals surface area contributed by atoms with Crippen molar-refractivity contribution in [2.45, 2.75) is 57.0 Å². The van der Waals surface area contributed by atoms with Crippen LogP contribution < -0.4 is 0 Å². The van der Waals surface area contributed by atoms with Crippen LogP contribution in [0.25, 0.3) is 0 Å². The molecule has 128 valence electrons. The zero-order valence-electron chi connectivity index (χ0n) is 13.7. The number of hydrogen-bond acceptors (Lipinski definition) is 5. The summed E-state index contributed by atoms with van der Waals surface area (Å²) in [5, 5.41) is 20.1. The van der Waals surface area contributed by atoms with Gasteiger partial charge in [0.05, 0.1) is 17.8 Å². The summed E-state index contributed by atoms with van der Waals surface area (Å²) in [5.74, 6) is 0.899. The minimum Gasteiger partial charge on any atom is -0.388 e. The third-order valence-electron chi connectivity index (χ3n) is 5.20. The highest BCUT2D eigenvalue weighted by Crippen LogP contribution is 2.39. The molecule has 0 aliphatic carbocycles. The van der Waals surface area contributed by atoms with Gasteiger partial charge >= 0.3 is 0 Å². The third kappa shape index (κ3) is 3.27. The quantitative estimate of drug-likeness (QED) is 0.805. The molecule has 2 atom stereocenters. The molecule has 7 heteroatoms. The number of piperidine rings is 1. The van der Waals surface area contributed by atoms with E-state index in [0.29, 0.717) is 38.9 Å². The fourth-order valence-corrected chi connectivity index (χ4v) is 3.56. The van der Waals surface area contributed by atoms with Gasteiger partial charge in [0.15, 0.2) is 0 Å². The first kappa shape index (κ1) is 16.4. The van der Waals surface area contributed by atoms with Crippen molar-refractivity contribution < 1.29 is 19.7 Å². The molecule has 2 saturated heterocycles. The Hall–Kier alpha value is -1.44. The van der Waals surface area contributed by atoms with Crippen LogP contribution in [-0.2, 0) is 16.1 Å². The van der Waals surface area contributed by atoms with Gasteiger partial charge in [0, 0.05) is 31.9 Å². The topological polar surface area (TPSA) is 87.8 Å². The van der Waals surface area contributed by atoms with Crippen molar-refractivity contribution in [3.63, 3.8) is 0 Å². The SMILES string of the molecule is Cc1nccn1CC(=O)N1CCC2(CC1)C[C@](C)(O)[C@@H](O)CO2. The summed E-state index contributed by atoms with van der Waals surface area (Å²) in [4.78, 5) is 18.4. The van der Waals surface area contributed by atoms with Crippen molar-refractivity contribution >= 4 is 5.91 Å². The van der Waals surface area contributed by atoms with Crippen LogP contribution in [0.1, 0.15) is 32.0 Å². The third-order valence-corrected chi connectivity index (χ3v) is 5.20. The van der Waals surface area contributed by atoms with Crippen molar-refractivity contribution in [3.05, 3.63) is 18.2 Å². The molecule has 0 aromatic carbocycles. The smallest absolute Gasteiger partial charge is 0.242 e. The van der Waals surface area contributed by atoms with Crippen LogP contribution in [0.5, 0.6) is 0 Å². The zero-order chi connectivity index (χ0) is 16.7. The molecule has 0 radical (unpaired) electrons. The minimum atomic E-state index is -1.13. The molecule has 1 amide bonds. The van der Waals surface area contributed by atoms with Gasteiger partial charge in [-0.2, -0.15) is 0 Å². The summed E-state index contributed by atoms with van der Waals surface area (Å²) in [6.45, 7) is 5.20. The van der Waals surface area contributed by atoms with Crippen LogP contribution in [0.2, 0.25) is 0 Å². The first-order valence-corrected chi connectivity index (χ1v) is 8.11. The fraction of sp³-hybridized carbons (Fsp3) is 0.750. The molecule has 7 nitrogen and oxygen atoms in total. The molecule has 2 fully saturated rings. The normalized spacial score (nSPS) is 30.6. The van der Waals surface area contributed by atoms with Crippen LogP contribution in [0.15, 0.2) is 12.4 Å². The second-order valence-electron chi connectivity index (χ2n) is 7.03. The van der Waals surface area contributed by atoms with Crippen LogP contribution >= 0.6 is 0 Å². The molecule has 2 N–H and O–H groups in total. The second-order valence-corrected chi connectivity index (χ2v) is 7.03. The van der Waals surface area contributed by atoms with E-state index in [9.17, 15) is 15.0 Å². The molecular formula is C16H25N3O4. The Bertz CT molecular complexity index is 576. The van der Waals surface area contributed by atoms with E-state index < -0.39 is 17.3 Å². The molecular weight excluding hydrogens is 298 g/mol. The second kappa shape index (κ2) is 5.89. The monoisotopic (exact) mass is 323 g/mol. The molecule has 0 unspecified atom stereocenters. The lowest BCUT2D eigenvalue weighted by atomic mass is 9.76. The number of amides is 1. The maximum absolute atomic E-state index is 12.4. The van der Waals surface area contributed by atoms with Crippen LogP contribution in [-0.4, -0.2) is 67.6 Å². The molecule has 3 rings (SSSR count). The molecule has 0 bridgehead atoms. The fourth-order valence-electron chi connectivity index (χ4n) is 3.56. The summed E-state index contributed by atoms with van der Waals surface area (Å²) < 4.78 is 7.68. The highest BCUT2D eigenvalue weighted by Gasteiger charge is 2.48. The average molecular weight is 323 g/mol. The number of nitrogens with zero attached hydrogens (tertiary/aromatic N) is 3. The van der Waals surface area contributed by atoms with Crippen molar-refractivity contribution in [1.29, 1.82) is 0 Å². The number of aromatic nitrogens is 2. The van der Waals surface area contributed by atoms with Gasteiger partial charge in [0.25, 0.3) is 0 Å². The largest absolute Gasteiger partial charge is 0.388 e. The number of aliphatic hydroxyl groups excluding tert-OH is 1. The Morgan fingerprint density at radius 1 is 1.48 bits per heavy atom. The predicted octanol–water partition coefficient (Wildman–Crippen LogP) is 0.0849. The van der Waals surface area contributed by atoms with E-state index in [1.807, 2.05) is 22.6 Å². The molecule has 1 aromatic heterocycles. The number of hydrogen-bond donors (Lipinski definition) is 2. The summed E-state index contributed by atoms with van der Waals surface area (Å²) in [5.41, 5.74) is -1.55. The summed E-state index contributed by atoms with van der Waals surface area (Å²) in [6.07, 6.45) is 4.43. The van der Waals surface area contributed by atoms with Gasteiger partial charge in [-0.05, 0) is 26.7 Å². The van der Waals surface area contributed by atoms with Gasteiger partial charge in [0.1, 0.15) is 18.5 Å². The van der Waals surface area contributed by atoms with Crippen molar-refractivity contribution in [2.75, 3.05) is 19.7 Å². The van der Waals surface area contributed by atoms with Gasteiger partial charge in [-0.25, -0.2) is 4.98 Å². The Labute approximate surface area is 135 Å². The van der Waals surface area contributed by atoms with Crippen molar-refractivity contribution in [3.8, 4) is 0 Å². The van der Waals surface area contributed by atoms with Crippen molar-refractivity contribution in [2.24, 2.45) is 0 Å². The van der Waals surface area contributed by atoms with E-state index in [1.54, 1.807) is 13.1 Å². The van der Waals surface area contributed by atoms with Crippen LogP contribution in [0.3, 0.4) is 0 Å². The lowest BCUT2D eigenvalue weighted by Crippen LogP contribution is -2.59. The molecule has 2 aliphatic rings. The minimum absolute atomic E-state index is 0.0727. The standard InChI is InChI=1S/C16H25N3O4/c1-12-17-5-8-19(12)9-14(21)18-6-3-16(4-7-18)11-15(2,22)13(20)10-23-16/h5,8,13,20,22H,3-4,6-7,9-11H2,1-2H3/t13-,15-/m0/s1. The van der Waals surface area contributed by atoms with E-state index in [0.717, 1.165) is 5.82 Å². The van der Waals surface area contributed by atoms with Gasteiger partial charge in [0.2, 0.25) is 5.91 Å². The summed E-state index contributed by atoms with van der Waals surface area (Å²) >= 11 is 0. The Kier molecular flexibility index (Phi) is 4.20. The van der Waals surface area contributed by atoms with Crippen molar-refractivity contribution in [1.82, 2.24) is 14.5 Å². The number of carbonyl (C=O) groups excluding carboxylic acids is 1. The van der Waals surface area contributed by atoms with E-state index >= 15 is 0 Å². The number of likely N-dealkylation sites (tertiary alicyclic amines) is 1. The number of aliphatic hydroxyl groups is 2. The molecule has 0 saturated carbocycles. The maximum atomic E-state index is 12.4. The molecule has 3 heterocycles. The summed E-state index contributed by atoms with van der Waals surface area (Å²) in [7, 11) is 0. The van der Waals surface area contributed by atoms with E-state index in [-0.39, 0.29) is 12.5 Å². The van der Waals surface area contributed by atoms with Gasteiger partial charge < -0.3 is 24.4 Å². The van der Waals surface area contributed by atoms with E-state index in [1.165, 1.54) is 0 Å². The molecule has 1 aromatic rings. The Morgan fingerprint density at radius 3 is 2.74 bits per heavy atom. The Balaban J connectivity index is 1.58. The molecule has 2 aliphatic heterocycles. The number of imidazole rings is 1. The maximum Gasteiger partial charge on any atom is 0.242 e. The van der Waals surface area contributed by atoms with Crippen LogP contribution in [0, 0.1) is 6.92 Å². The van der Waals surface area contributed by atoms with Gasteiger partial charge in [-0.15, -0.1) is 0 Å². The molecule has 1 spiro atoms. The number of carbonyl (C=O) groups is 1. The highest BCUT2D eigenvalue weighted by atomic mass is 16.5. The Morgan fingerprint density at radius 2 is 2.17 bits per heavy atom. The first-order valence-electron chi connectivity index (χ1n) is 8.11. The number of ether oxygens (including phenoxy) is 1. The lowest BCUT2D eigenvalue weighted by molar-refractivity contribution is -0.222. The average Bonchev–Trinajstić information content (AvgIpc) is 2.89. The number of aryl methyl sites for hydroxylation is 1. The molecule has 23 heavy (non-hydrogen) atoms.